The maximum absolute atomic E-state index is 12.4. The molecule has 1 aliphatic rings. The Hall–Kier alpha value is -3.14. The molecule has 1 aromatic heterocycles. The van der Waals surface area contributed by atoms with E-state index in [1.165, 1.54) is 12.1 Å². The highest BCUT2D eigenvalue weighted by Crippen LogP contribution is 2.24. The fraction of sp³-hybridized carbons (Fsp3) is 0.381. The monoisotopic (exact) mass is 436 g/mol. The van der Waals surface area contributed by atoms with Crippen molar-refractivity contribution >= 4 is 17.5 Å². The number of alkyl halides is 3. The molecule has 3 rings (SSSR count). The zero-order valence-electron chi connectivity index (χ0n) is 16.8. The van der Waals surface area contributed by atoms with Crippen molar-refractivity contribution in [3.63, 3.8) is 0 Å². The highest BCUT2D eigenvalue weighted by Gasteiger charge is 2.31. The quantitative estimate of drug-likeness (QED) is 0.723. The highest BCUT2D eigenvalue weighted by molar-refractivity contribution is 5.92. The molecular formula is C21H23F3N4O3. The van der Waals surface area contributed by atoms with Gasteiger partial charge in [-0.3, -0.25) is 19.5 Å². The maximum Gasteiger partial charge on any atom is 0.573 e. The summed E-state index contributed by atoms with van der Waals surface area (Å²) in [7, 11) is 0. The molecule has 0 radical (unpaired) electrons. The van der Waals surface area contributed by atoms with Gasteiger partial charge in [-0.25, -0.2) is 0 Å². The molecule has 7 nitrogen and oxygen atoms in total. The number of rotatable bonds is 7. The largest absolute Gasteiger partial charge is 0.573 e. The van der Waals surface area contributed by atoms with Gasteiger partial charge in [0.15, 0.2) is 0 Å². The molecule has 2 aromatic rings. The first-order chi connectivity index (χ1) is 14.8. The second-order valence-corrected chi connectivity index (χ2v) is 7.14. The van der Waals surface area contributed by atoms with Crippen molar-refractivity contribution in [1.82, 2.24) is 14.8 Å². The molecule has 1 fully saturated rings. The van der Waals surface area contributed by atoms with Crippen LogP contribution in [0.1, 0.15) is 12.0 Å². The molecular weight excluding hydrogens is 413 g/mol. The number of amides is 2. The molecule has 1 aromatic carbocycles. The normalized spacial score (nSPS) is 14.9. The third-order valence-electron chi connectivity index (χ3n) is 4.81. The molecule has 2 amide bonds. The van der Waals surface area contributed by atoms with Crippen molar-refractivity contribution in [1.29, 1.82) is 0 Å². The van der Waals surface area contributed by atoms with Gasteiger partial charge in [-0.15, -0.1) is 13.2 Å². The molecule has 0 bridgehead atoms. The zero-order chi connectivity index (χ0) is 22.3. The lowest BCUT2D eigenvalue weighted by Gasteiger charge is -2.34. The van der Waals surface area contributed by atoms with Gasteiger partial charge in [-0.2, -0.15) is 0 Å². The van der Waals surface area contributed by atoms with Gasteiger partial charge in [0, 0.05) is 50.7 Å². The smallest absolute Gasteiger partial charge is 0.406 e. The minimum atomic E-state index is -4.76. The molecule has 1 aliphatic heterocycles. The Balaban J connectivity index is 1.38. The Morgan fingerprint density at radius 2 is 1.77 bits per heavy atom. The molecule has 0 unspecified atom stereocenters. The first-order valence-corrected chi connectivity index (χ1v) is 9.83. The van der Waals surface area contributed by atoms with Crippen molar-refractivity contribution in [2.24, 2.45) is 0 Å². The van der Waals surface area contributed by atoms with Crippen LogP contribution in [-0.2, 0) is 16.0 Å². The van der Waals surface area contributed by atoms with Gasteiger partial charge in [0.25, 0.3) is 0 Å². The lowest BCUT2D eigenvalue weighted by atomic mass is 10.1. The third-order valence-corrected chi connectivity index (χ3v) is 4.81. The van der Waals surface area contributed by atoms with E-state index in [1.807, 2.05) is 17.0 Å². The highest BCUT2D eigenvalue weighted by atomic mass is 19.4. The number of carbonyl (C=O) groups excluding carboxylic acids is 2. The van der Waals surface area contributed by atoms with Crippen LogP contribution in [0.4, 0.5) is 18.9 Å². The van der Waals surface area contributed by atoms with Crippen molar-refractivity contribution in [3.8, 4) is 5.75 Å². The molecule has 31 heavy (non-hydrogen) atoms. The van der Waals surface area contributed by atoms with Crippen LogP contribution >= 0.6 is 0 Å². The number of pyridine rings is 1. The van der Waals surface area contributed by atoms with Crippen LogP contribution in [0.3, 0.4) is 0 Å². The molecule has 10 heteroatoms. The summed E-state index contributed by atoms with van der Waals surface area (Å²) in [4.78, 5) is 32.4. The van der Waals surface area contributed by atoms with Crippen LogP contribution in [0.5, 0.6) is 5.75 Å². The van der Waals surface area contributed by atoms with Gasteiger partial charge in [0.2, 0.25) is 11.8 Å². The summed E-state index contributed by atoms with van der Waals surface area (Å²) < 4.78 is 40.4. The number of aryl methyl sites for hydroxylation is 1. The summed E-state index contributed by atoms with van der Waals surface area (Å²) in [5, 5.41) is 2.65. The first-order valence-electron chi connectivity index (χ1n) is 9.83. The Morgan fingerprint density at radius 1 is 1.06 bits per heavy atom. The molecule has 0 saturated carbocycles. The first kappa shape index (κ1) is 22.5. The van der Waals surface area contributed by atoms with Gasteiger partial charge in [0.1, 0.15) is 5.75 Å². The molecule has 166 valence electrons. The van der Waals surface area contributed by atoms with E-state index < -0.39 is 6.36 Å². The summed E-state index contributed by atoms with van der Waals surface area (Å²) in [6, 6.07) is 8.75. The van der Waals surface area contributed by atoms with Crippen molar-refractivity contribution in [2.45, 2.75) is 19.2 Å². The third kappa shape index (κ3) is 7.56. The number of carbonyl (C=O) groups is 2. The molecule has 0 aliphatic carbocycles. The zero-order valence-corrected chi connectivity index (χ0v) is 16.8. The number of piperazine rings is 1. The van der Waals surface area contributed by atoms with Crippen LogP contribution in [0.2, 0.25) is 0 Å². The number of halogens is 3. The van der Waals surface area contributed by atoms with Gasteiger partial charge in [0.05, 0.1) is 6.54 Å². The second kappa shape index (κ2) is 10.3. The van der Waals surface area contributed by atoms with E-state index in [1.54, 1.807) is 17.3 Å². The minimum Gasteiger partial charge on any atom is -0.406 e. The van der Waals surface area contributed by atoms with Gasteiger partial charge in [-0.05, 0) is 42.3 Å². The van der Waals surface area contributed by atoms with E-state index in [0.717, 1.165) is 17.7 Å². The summed E-state index contributed by atoms with van der Waals surface area (Å²) in [5.74, 6) is -0.551. The lowest BCUT2D eigenvalue weighted by Crippen LogP contribution is -2.50. The standard InChI is InChI=1S/C21H23F3N4O3/c22-21(23,24)31-18-6-4-17(5-7-18)26-19(29)15-27-10-12-28(13-11-27)20(30)8-3-16-2-1-9-25-14-16/h1-2,4-7,9,14H,3,8,10-13,15H2,(H,26,29). The Labute approximate surface area is 177 Å². The summed E-state index contributed by atoms with van der Waals surface area (Å²) in [5.41, 5.74) is 1.40. The van der Waals surface area contributed by atoms with E-state index >= 15 is 0 Å². The van der Waals surface area contributed by atoms with Crippen LogP contribution in [0.15, 0.2) is 48.8 Å². The van der Waals surface area contributed by atoms with Crippen molar-refractivity contribution in [3.05, 3.63) is 54.4 Å². The average Bonchev–Trinajstić information content (AvgIpc) is 2.73. The fourth-order valence-electron chi connectivity index (χ4n) is 3.25. The van der Waals surface area contributed by atoms with Crippen LogP contribution in [0.25, 0.3) is 0 Å². The van der Waals surface area contributed by atoms with E-state index in [9.17, 15) is 22.8 Å². The van der Waals surface area contributed by atoms with Crippen LogP contribution < -0.4 is 10.1 Å². The predicted octanol–water partition coefficient (Wildman–Crippen LogP) is 2.70. The lowest BCUT2D eigenvalue weighted by molar-refractivity contribution is -0.274. The fourth-order valence-corrected chi connectivity index (χ4v) is 3.25. The molecule has 1 saturated heterocycles. The number of ether oxygens (including phenoxy) is 1. The summed E-state index contributed by atoms with van der Waals surface area (Å²) in [6.45, 7) is 2.37. The predicted molar refractivity (Wildman–Crippen MR) is 107 cm³/mol. The van der Waals surface area contributed by atoms with Gasteiger partial charge in [-0.1, -0.05) is 6.07 Å². The Bertz CT molecular complexity index is 868. The topological polar surface area (TPSA) is 74.8 Å². The second-order valence-electron chi connectivity index (χ2n) is 7.14. The number of hydrogen-bond donors (Lipinski definition) is 1. The van der Waals surface area contributed by atoms with E-state index in [2.05, 4.69) is 15.0 Å². The van der Waals surface area contributed by atoms with E-state index in [0.29, 0.717) is 44.7 Å². The number of aromatic nitrogens is 1. The van der Waals surface area contributed by atoms with E-state index in [-0.39, 0.29) is 24.1 Å². The van der Waals surface area contributed by atoms with Crippen molar-refractivity contribution in [2.75, 3.05) is 38.0 Å². The van der Waals surface area contributed by atoms with Crippen LogP contribution in [-0.4, -0.2) is 65.7 Å². The Kier molecular flexibility index (Phi) is 7.45. The van der Waals surface area contributed by atoms with Crippen LogP contribution in [0, 0.1) is 0 Å². The summed E-state index contributed by atoms with van der Waals surface area (Å²) >= 11 is 0. The molecule has 1 N–H and O–H groups in total. The van der Waals surface area contributed by atoms with Crippen molar-refractivity contribution < 1.29 is 27.5 Å². The SMILES string of the molecule is O=C(CN1CCN(C(=O)CCc2cccnc2)CC1)Nc1ccc(OC(F)(F)F)cc1. The maximum atomic E-state index is 12.4. The van der Waals surface area contributed by atoms with E-state index in [4.69, 9.17) is 0 Å². The number of nitrogens with zero attached hydrogens (tertiary/aromatic N) is 3. The number of nitrogens with one attached hydrogen (secondary N) is 1. The number of anilines is 1. The number of benzene rings is 1. The molecule has 2 heterocycles. The average molecular weight is 436 g/mol. The molecule has 0 atom stereocenters. The Morgan fingerprint density at radius 3 is 2.39 bits per heavy atom. The molecule has 0 spiro atoms. The minimum absolute atomic E-state index is 0.0779. The summed E-state index contributed by atoms with van der Waals surface area (Å²) in [6.07, 6.45) is -0.256. The van der Waals surface area contributed by atoms with Gasteiger partial charge >= 0.3 is 6.36 Å². The number of hydrogen-bond acceptors (Lipinski definition) is 5. The van der Waals surface area contributed by atoms with Gasteiger partial charge < -0.3 is 15.0 Å².